The zero-order valence-electron chi connectivity index (χ0n) is 8.30. The van der Waals surface area contributed by atoms with Crippen molar-refractivity contribution < 1.29 is 4.74 Å². The molecule has 0 saturated heterocycles. The smallest absolute Gasteiger partial charge is 0.126 e. The van der Waals surface area contributed by atoms with Gasteiger partial charge in [-0.3, -0.25) is 0 Å². The number of hydrogen-bond acceptors (Lipinski definition) is 3. The summed E-state index contributed by atoms with van der Waals surface area (Å²) in [7, 11) is 1.67. The standard InChI is InChI=1S/C10H14ClNOS/c1-7-3-9(11)4-8(5-12-6-14)10(7)13-2/h3-4,12,14H,5-6H2,1-2H3. The lowest BCUT2D eigenvalue weighted by atomic mass is 10.1. The van der Waals surface area contributed by atoms with Crippen LogP contribution < -0.4 is 10.1 Å². The molecular weight excluding hydrogens is 218 g/mol. The third-order valence-electron chi connectivity index (χ3n) is 1.95. The molecule has 0 aliphatic carbocycles. The Balaban J connectivity index is 2.99. The van der Waals surface area contributed by atoms with E-state index in [0.29, 0.717) is 12.4 Å². The van der Waals surface area contributed by atoms with Crippen LogP contribution in [0.2, 0.25) is 5.02 Å². The van der Waals surface area contributed by atoms with Gasteiger partial charge in [0.25, 0.3) is 0 Å². The Kier molecular flexibility index (Phi) is 4.58. The molecule has 0 fully saturated rings. The molecule has 0 aliphatic heterocycles. The van der Waals surface area contributed by atoms with Crippen molar-refractivity contribution in [1.29, 1.82) is 0 Å². The summed E-state index contributed by atoms with van der Waals surface area (Å²) in [5.41, 5.74) is 2.11. The van der Waals surface area contributed by atoms with Crippen molar-refractivity contribution in [2.45, 2.75) is 13.5 Å². The fourth-order valence-electron chi connectivity index (χ4n) is 1.41. The molecule has 0 saturated carbocycles. The molecule has 0 spiro atoms. The van der Waals surface area contributed by atoms with Gasteiger partial charge in [-0.1, -0.05) is 11.6 Å². The molecule has 0 bridgehead atoms. The first-order chi connectivity index (χ1) is 6.69. The minimum atomic E-state index is 0.634. The van der Waals surface area contributed by atoms with Gasteiger partial charge in [0.15, 0.2) is 0 Å². The molecule has 0 amide bonds. The second-order valence-electron chi connectivity index (χ2n) is 3.00. The van der Waals surface area contributed by atoms with E-state index in [2.05, 4.69) is 17.9 Å². The van der Waals surface area contributed by atoms with Gasteiger partial charge < -0.3 is 10.1 Å². The largest absolute Gasteiger partial charge is 0.496 e. The van der Waals surface area contributed by atoms with Crippen LogP contribution in [0, 0.1) is 6.92 Å². The molecule has 1 aromatic carbocycles. The van der Waals surface area contributed by atoms with E-state index in [1.807, 2.05) is 19.1 Å². The van der Waals surface area contributed by atoms with Gasteiger partial charge in [-0.15, -0.1) is 0 Å². The molecule has 1 N–H and O–H groups in total. The predicted octanol–water partition coefficient (Wildman–Crippen LogP) is 2.63. The molecule has 1 rings (SSSR count). The highest BCUT2D eigenvalue weighted by atomic mass is 35.5. The van der Waals surface area contributed by atoms with Crippen molar-refractivity contribution in [2.24, 2.45) is 0 Å². The first kappa shape index (κ1) is 11.7. The molecule has 2 nitrogen and oxygen atoms in total. The summed E-state index contributed by atoms with van der Waals surface area (Å²) in [5, 5.41) is 3.85. The molecule has 0 aromatic heterocycles. The SMILES string of the molecule is COc1c(C)cc(Cl)cc1CNCS. The minimum Gasteiger partial charge on any atom is -0.496 e. The maximum Gasteiger partial charge on any atom is 0.126 e. The third-order valence-corrected chi connectivity index (χ3v) is 2.39. The lowest BCUT2D eigenvalue weighted by Gasteiger charge is -2.12. The number of aryl methyl sites for hydroxylation is 1. The average molecular weight is 232 g/mol. The number of thiol groups is 1. The van der Waals surface area contributed by atoms with E-state index in [-0.39, 0.29) is 0 Å². The second-order valence-corrected chi connectivity index (χ2v) is 3.75. The highest BCUT2D eigenvalue weighted by molar-refractivity contribution is 7.80. The van der Waals surface area contributed by atoms with Gasteiger partial charge >= 0.3 is 0 Å². The Morgan fingerprint density at radius 2 is 2.21 bits per heavy atom. The quantitative estimate of drug-likeness (QED) is 0.614. The summed E-state index contributed by atoms with van der Waals surface area (Å²) < 4.78 is 5.30. The Morgan fingerprint density at radius 1 is 1.50 bits per heavy atom. The van der Waals surface area contributed by atoms with Gasteiger partial charge in [0, 0.05) is 23.0 Å². The molecule has 0 aliphatic rings. The van der Waals surface area contributed by atoms with Gasteiger partial charge in [-0.2, -0.15) is 12.6 Å². The normalized spacial score (nSPS) is 10.3. The van der Waals surface area contributed by atoms with Crippen LogP contribution in [0.25, 0.3) is 0 Å². The molecule has 4 heteroatoms. The number of methoxy groups -OCH3 is 1. The number of benzene rings is 1. The zero-order chi connectivity index (χ0) is 10.6. The number of ether oxygens (including phenoxy) is 1. The van der Waals surface area contributed by atoms with Crippen molar-refractivity contribution in [2.75, 3.05) is 13.0 Å². The maximum atomic E-state index is 5.96. The maximum absolute atomic E-state index is 5.96. The van der Waals surface area contributed by atoms with E-state index in [0.717, 1.165) is 21.9 Å². The van der Waals surface area contributed by atoms with Crippen molar-refractivity contribution in [1.82, 2.24) is 5.32 Å². The number of nitrogens with one attached hydrogen (secondary N) is 1. The van der Waals surface area contributed by atoms with Crippen molar-refractivity contribution in [3.8, 4) is 5.75 Å². The highest BCUT2D eigenvalue weighted by Crippen LogP contribution is 2.27. The molecule has 0 unspecified atom stereocenters. The van der Waals surface area contributed by atoms with E-state index in [1.54, 1.807) is 7.11 Å². The molecule has 0 atom stereocenters. The minimum absolute atomic E-state index is 0.634. The van der Waals surface area contributed by atoms with Crippen LogP contribution in [0.1, 0.15) is 11.1 Å². The van der Waals surface area contributed by atoms with Gasteiger partial charge in [0.05, 0.1) is 7.11 Å². The zero-order valence-corrected chi connectivity index (χ0v) is 9.95. The Morgan fingerprint density at radius 3 is 2.79 bits per heavy atom. The van der Waals surface area contributed by atoms with Crippen LogP contribution in [-0.4, -0.2) is 13.0 Å². The summed E-state index contributed by atoms with van der Waals surface area (Å²) in [5.74, 6) is 1.53. The van der Waals surface area contributed by atoms with Gasteiger partial charge in [0.2, 0.25) is 0 Å². The highest BCUT2D eigenvalue weighted by Gasteiger charge is 2.07. The van der Waals surface area contributed by atoms with Crippen LogP contribution in [-0.2, 0) is 6.54 Å². The van der Waals surface area contributed by atoms with Crippen LogP contribution in [0.3, 0.4) is 0 Å². The fourth-order valence-corrected chi connectivity index (χ4v) is 1.82. The number of hydrogen-bond donors (Lipinski definition) is 2. The summed E-state index contributed by atoms with van der Waals surface area (Å²) >= 11 is 10.0. The third kappa shape index (κ3) is 2.80. The molecule has 14 heavy (non-hydrogen) atoms. The lowest BCUT2D eigenvalue weighted by Crippen LogP contribution is -2.11. The van der Waals surface area contributed by atoms with E-state index in [9.17, 15) is 0 Å². The Labute approximate surface area is 95.0 Å². The molecule has 0 radical (unpaired) electrons. The van der Waals surface area contributed by atoms with Gasteiger partial charge in [-0.05, 0) is 24.6 Å². The predicted molar refractivity (Wildman–Crippen MR) is 63.4 cm³/mol. The average Bonchev–Trinajstić information content (AvgIpc) is 2.14. The van der Waals surface area contributed by atoms with E-state index in [1.165, 1.54) is 0 Å². The van der Waals surface area contributed by atoms with Crippen LogP contribution in [0.15, 0.2) is 12.1 Å². The Hall–Kier alpha value is -0.380. The first-order valence-corrected chi connectivity index (χ1v) is 5.34. The fraction of sp³-hybridized carbons (Fsp3) is 0.400. The second kappa shape index (κ2) is 5.49. The topological polar surface area (TPSA) is 21.3 Å². The summed E-state index contributed by atoms with van der Waals surface area (Å²) in [4.78, 5) is 0. The van der Waals surface area contributed by atoms with Crippen molar-refractivity contribution >= 4 is 24.2 Å². The number of rotatable bonds is 4. The van der Waals surface area contributed by atoms with Gasteiger partial charge in [0.1, 0.15) is 5.75 Å². The monoisotopic (exact) mass is 231 g/mol. The number of halogens is 1. The van der Waals surface area contributed by atoms with E-state index >= 15 is 0 Å². The van der Waals surface area contributed by atoms with Crippen molar-refractivity contribution in [3.63, 3.8) is 0 Å². The van der Waals surface area contributed by atoms with E-state index < -0.39 is 0 Å². The van der Waals surface area contributed by atoms with Crippen LogP contribution in [0.5, 0.6) is 5.75 Å². The van der Waals surface area contributed by atoms with Crippen molar-refractivity contribution in [3.05, 3.63) is 28.3 Å². The molecule has 1 aromatic rings. The van der Waals surface area contributed by atoms with E-state index in [4.69, 9.17) is 16.3 Å². The Bertz CT molecular complexity index is 317. The van der Waals surface area contributed by atoms with Crippen LogP contribution in [0.4, 0.5) is 0 Å². The summed E-state index contributed by atoms with van der Waals surface area (Å²) in [6.45, 7) is 2.70. The lowest BCUT2D eigenvalue weighted by molar-refractivity contribution is 0.405. The molecule has 78 valence electrons. The summed E-state index contributed by atoms with van der Waals surface area (Å²) in [6.07, 6.45) is 0. The van der Waals surface area contributed by atoms with Gasteiger partial charge in [-0.25, -0.2) is 0 Å². The summed E-state index contributed by atoms with van der Waals surface area (Å²) in [6, 6.07) is 3.80. The van der Waals surface area contributed by atoms with Crippen LogP contribution >= 0.6 is 24.2 Å². The molecule has 0 heterocycles. The molecular formula is C10H14ClNOS. The first-order valence-electron chi connectivity index (χ1n) is 4.33.